The van der Waals surface area contributed by atoms with Gasteiger partial charge in [0.15, 0.2) is 0 Å². The molecule has 1 atom stereocenters. The highest BCUT2D eigenvalue weighted by Gasteiger charge is 2.45. The molecule has 0 aliphatic carbocycles. The van der Waals surface area contributed by atoms with E-state index in [0.717, 1.165) is 28.8 Å². The third-order valence-corrected chi connectivity index (χ3v) is 7.42. The molecule has 1 fully saturated rings. The second-order valence-corrected chi connectivity index (χ2v) is 11.8. The molecule has 3 aromatic carbocycles. The van der Waals surface area contributed by atoms with Gasteiger partial charge in [-0.2, -0.15) is 0 Å². The van der Waals surface area contributed by atoms with Crippen LogP contribution in [0.25, 0.3) is 5.76 Å². The van der Waals surface area contributed by atoms with Crippen molar-refractivity contribution < 1.29 is 19.4 Å². The fourth-order valence-electron chi connectivity index (χ4n) is 4.98. The number of aliphatic hydroxyl groups excluding tert-OH is 1. The van der Waals surface area contributed by atoms with Crippen molar-refractivity contribution in [3.05, 3.63) is 106 Å². The molecular weight excluding hydrogens is 500 g/mol. The minimum Gasteiger partial charge on any atom is -0.507 e. The van der Waals surface area contributed by atoms with E-state index in [2.05, 4.69) is 20.8 Å². The summed E-state index contributed by atoms with van der Waals surface area (Å²) in [6.45, 7) is 10.1. The molecule has 0 bridgehead atoms. The van der Waals surface area contributed by atoms with Crippen LogP contribution in [0.5, 0.6) is 5.75 Å². The third kappa shape index (κ3) is 6.45. The maximum atomic E-state index is 13.4. The molecule has 1 N–H and O–H groups in total. The van der Waals surface area contributed by atoms with Crippen LogP contribution in [0.15, 0.2) is 78.4 Å². The highest BCUT2D eigenvalue weighted by atomic mass is 16.5. The molecule has 210 valence electrons. The summed E-state index contributed by atoms with van der Waals surface area (Å²) in [5.74, 6) is -0.766. The Balaban J connectivity index is 1.66. The number of rotatable bonds is 9. The maximum Gasteiger partial charge on any atom is 0.295 e. The van der Waals surface area contributed by atoms with Crippen LogP contribution in [0.2, 0.25) is 0 Å². The van der Waals surface area contributed by atoms with Crippen LogP contribution < -0.4 is 4.74 Å². The van der Waals surface area contributed by atoms with Gasteiger partial charge in [-0.3, -0.25) is 9.59 Å². The van der Waals surface area contributed by atoms with Gasteiger partial charge >= 0.3 is 0 Å². The number of aryl methyl sites for hydroxylation is 1. The maximum absolute atomic E-state index is 13.4. The Morgan fingerprint density at radius 1 is 0.950 bits per heavy atom. The minimum atomic E-state index is -0.660. The highest BCUT2D eigenvalue weighted by Crippen LogP contribution is 2.40. The van der Waals surface area contributed by atoms with E-state index in [4.69, 9.17) is 4.74 Å². The second kappa shape index (κ2) is 12.1. The normalized spacial score (nSPS) is 17.1. The number of hydrogen-bond donors (Lipinski definition) is 1. The zero-order valence-corrected chi connectivity index (χ0v) is 24.4. The van der Waals surface area contributed by atoms with Gasteiger partial charge in [0.1, 0.15) is 18.1 Å². The Hall–Kier alpha value is -3.90. The van der Waals surface area contributed by atoms with Crippen LogP contribution in [0, 0.1) is 6.92 Å². The fourth-order valence-corrected chi connectivity index (χ4v) is 4.98. The zero-order valence-electron chi connectivity index (χ0n) is 24.4. The van der Waals surface area contributed by atoms with Crippen LogP contribution in [-0.4, -0.2) is 53.8 Å². The lowest BCUT2D eigenvalue weighted by Crippen LogP contribution is -2.32. The van der Waals surface area contributed by atoms with Crippen molar-refractivity contribution in [2.75, 3.05) is 27.2 Å². The molecule has 1 aliphatic rings. The molecule has 4 rings (SSSR count). The molecule has 0 saturated carbocycles. The number of carbonyl (C=O) groups is 2. The van der Waals surface area contributed by atoms with E-state index in [0.29, 0.717) is 30.9 Å². The average Bonchev–Trinajstić information content (AvgIpc) is 3.17. The Morgan fingerprint density at radius 3 is 2.20 bits per heavy atom. The van der Waals surface area contributed by atoms with Crippen molar-refractivity contribution in [3.63, 3.8) is 0 Å². The second-order valence-electron chi connectivity index (χ2n) is 11.8. The molecule has 1 unspecified atom stereocenters. The molecule has 40 heavy (non-hydrogen) atoms. The highest BCUT2D eigenvalue weighted by molar-refractivity contribution is 6.46. The first-order valence-electron chi connectivity index (χ1n) is 13.8. The largest absolute Gasteiger partial charge is 0.507 e. The minimum absolute atomic E-state index is 0.0327. The average molecular weight is 541 g/mol. The monoisotopic (exact) mass is 540 g/mol. The number of carbonyl (C=O) groups excluding carboxylic acids is 2. The Kier molecular flexibility index (Phi) is 8.79. The number of likely N-dealkylation sites (tertiary alicyclic amines) is 1. The zero-order chi connectivity index (χ0) is 29.0. The summed E-state index contributed by atoms with van der Waals surface area (Å²) >= 11 is 0. The van der Waals surface area contributed by atoms with Gasteiger partial charge in [-0.1, -0.05) is 69.3 Å². The van der Waals surface area contributed by atoms with Gasteiger partial charge in [-0.05, 0) is 85.9 Å². The van der Waals surface area contributed by atoms with Gasteiger partial charge in [0.25, 0.3) is 11.7 Å². The molecule has 0 spiro atoms. The number of amides is 1. The lowest BCUT2D eigenvalue weighted by atomic mass is 9.85. The van der Waals surface area contributed by atoms with Crippen LogP contribution in [0.1, 0.15) is 61.1 Å². The van der Waals surface area contributed by atoms with E-state index in [9.17, 15) is 14.7 Å². The standard InChI is InChI=1S/C34H40N2O4/c1-23-10-7-8-11-26(23)22-40-28-18-14-25(15-19-28)31(37)29-30(24-12-16-27(17-13-24)34(2,3)4)36(33(39)32(29)38)21-9-20-35(5)6/h7-8,10-19,30,37H,9,20-22H2,1-6H3. The number of benzene rings is 3. The van der Waals surface area contributed by atoms with Crippen molar-refractivity contribution in [2.45, 2.75) is 52.2 Å². The smallest absolute Gasteiger partial charge is 0.295 e. The van der Waals surface area contributed by atoms with Crippen molar-refractivity contribution in [3.8, 4) is 5.75 Å². The topological polar surface area (TPSA) is 70.1 Å². The molecule has 6 heteroatoms. The summed E-state index contributed by atoms with van der Waals surface area (Å²) in [7, 11) is 3.95. The van der Waals surface area contributed by atoms with Gasteiger partial charge in [0.05, 0.1) is 11.6 Å². The number of aliphatic hydroxyl groups is 1. The summed E-state index contributed by atoms with van der Waals surface area (Å²) in [6.07, 6.45) is 0.712. The quantitative estimate of drug-likeness (QED) is 0.198. The lowest BCUT2D eigenvalue weighted by molar-refractivity contribution is -0.139. The SMILES string of the molecule is Cc1ccccc1COc1ccc(C(O)=C2C(=O)C(=O)N(CCCN(C)C)C2c2ccc(C(C)(C)C)cc2)cc1. The first kappa shape index (κ1) is 29.1. The fraction of sp³-hybridized carbons (Fsp3) is 0.353. The molecule has 1 heterocycles. The van der Waals surface area contributed by atoms with E-state index >= 15 is 0 Å². The van der Waals surface area contributed by atoms with Crippen LogP contribution in [0.4, 0.5) is 0 Å². The predicted molar refractivity (Wildman–Crippen MR) is 159 cm³/mol. The predicted octanol–water partition coefficient (Wildman–Crippen LogP) is 6.24. The van der Waals surface area contributed by atoms with E-state index in [1.54, 1.807) is 29.2 Å². The van der Waals surface area contributed by atoms with Gasteiger partial charge in [0.2, 0.25) is 0 Å². The number of nitrogens with zero attached hydrogens (tertiary/aromatic N) is 2. The summed E-state index contributed by atoms with van der Waals surface area (Å²) in [4.78, 5) is 30.2. The first-order chi connectivity index (χ1) is 19.0. The number of Topliss-reactive ketones (excluding diaryl/α,β-unsaturated/α-hetero) is 1. The molecule has 3 aromatic rings. The molecule has 1 amide bonds. The van der Waals surface area contributed by atoms with E-state index in [1.807, 2.05) is 74.4 Å². The Morgan fingerprint density at radius 2 is 1.60 bits per heavy atom. The third-order valence-electron chi connectivity index (χ3n) is 7.42. The number of ether oxygens (including phenoxy) is 1. The van der Waals surface area contributed by atoms with E-state index in [1.165, 1.54) is 0 Å². The van der Waals surface area contributed by atoms with E-state index < -0.39 is 17.7 Å². The van der Waals surface area contributed by atoms with Gasteiger partial charge in [-0.15, -0.1) is 0 Å². The molecule has 6 nitrogen and oxygen atoms in total. The van der Waals surface area contributed by atoms with Gasteiger partial charge in [-0.25, -0.2) is 0 Å². The summed E-state index contributed by atoms with van der Waals surface area (Å²) in [5.41, 5.74) is 4.76. The molecule has 1 aliphatic heterocycles. The van der Waals surface area contributed by atoms with Crippen LogP contribution in [-0.2, 0) is 21.6 Å². The van der Waals surface area contributed by atoms with Crippen molar-refractivity contribution in [1.29, 1.82) is 0 Å². The molecular formula is C34H40N2O4. The summed E-state index contributed by atoms with van der Waals surface area (Å²) in [6, 6.07) is 22.4. The lowest BCUT2D eigenvalue weighted by Gasteiger charge is -2.27. The van der Waals surface area contributed by atoms with Crippen molar-refractivity contribution >= 4 is 17.4 Å². The first-order valence-corrected chi connectivity index (χ1v) is 13.8. The van der Waals surface area contributed by atoms with Crippen molar-refractivity contribution in [1.82, 2.24) is 9.80 Å². The van der Waals surface area contributed by atoms with Crippen LogP contribution in [0.3, 0.4) is 0 Å². The Labute approximate surface area is 237 Å². The number of hydrogen-bond acceptors (Lipinski definition) is 5. The number of ketones is 1. The Bertz CT molecular complexity index is 1380. The summed E-state index contributed by atoms with van der Waals surface area (Å²) in [5, 5.41) is 11.4. The van der Waals surface area contributed by atoms with E-state index in [-0.39, 0.29) is 16.7 Å². The van der Waals surface area contributed by atoms with Crippen molar-refractivity contribution in [2.24, 2.45) is 0 Å². The summed E-state index contributed by atoms with van der Waals surface area (Å²) < 4.78 is 5.95. The van der Waals surface area contributed by atoms with Crippen LogP contribution >= 0.6 is 0 Å². The molecule has 0 aromatic heterocycles. The molecule has 0 radical (unpaired) electrons. The van der Waals surface area contributed by atoms with Gasteiger partial charge < -0.3 is 19.6 Å². The van der Waals surface area contributed by atoms with Gasteiger partial charge in [0, 0.05) is 12.1 Å². The molecule has 1 saturated heterocycles.